The van der Waals surface area contributed by atoms with Crippen molar-refractivity contribution in [3.8, 4) is 0 Å². The van der Waals surface area contributed by atoms with Crippen LogP contribution in [0.3, 0.4) is 0 Å². The monoisotopic (exact) mass is 263 g/mol. The minimum atomic E-state index is -0.199. The lowest BCUT2D eigenvalue weighted by molar-refractivity contribution is -0.147. The molecule has 2 heterocycles. The van der Waals surface area contributed by atoms with E-state index in [1.807, 2.05) is 19.1 Å². The first-order valence-corrected chi connectivity index (χ1v) is 6.69. The molecule has 0 radical (unpaired) electrons. The number of anilines is 1. The molecule has 1 aromatic heterocycles. The van der Waals surface area contributed by atoms with Crippen LogP contribution >= 0.6 is 0 Å². The zero-order valence-electron chi connectivity index (χ0n) is 11.6. The van der Waals surface area contributed by atoms with Gasteiger partial charge >= 0.3 is 5.97 Å². The predicted molar refractivity (Wildman–Crippen MR) is 73.9 cm³/mol. The molecule has 1 fully saturated rings. The summed E-state index contributed by atoms with van der Waals surface area (Å²) in [6.45, 7) is 5.63. The number of rotatable bonds is 3. The Balaban J connectivity index is 2.05. The fourth-order valence-electron chi connectivity index (χ4n) is 2.43. The first kappa shape index (κ1) is 13.8. The van der Waals surface area contributed by atoms with Gasteiger partial charge in [-0.2, -0.15) is 0 Å². The van der Waals surface area contributed by atoms with Crippen LogP contribution in [0.2, 0.25) is 0 Å². The third kappa shape index (κ3) is 3.44. The lowest BCUT2D eigenvalue weighted by Crippen LogP contribution is -2.38. The summed E-state index contributed by atoms with van der Waals surface area (Å²) in [5, 5.41) is 0. The Morgan fingerprint density at radius 1 is 1.47 bits per heavy atom. The first-order chi connectivity index (χ1) is 9.10. The zero-order valence-corrected chi connectivity index (χ0v) is 11.6. The molecule has 5 nitrogen and oxygen atoms in total. The fraction of sp³-hybridized carbons (Fsp3) is 0.571. The van der Waals surface area contributed by atoms with Crippen molar-refractivity contribution in [3.63, 3.8) is 0 Å². The Kier molecular flexibility index (Phi) is 4.37. The van der Waals surface area contributed by atoms with Crippen molar-refractivity contribution < 1.29 is 9.53 Å². The predicted octanol–water partition coefficient (Wildman–Crippen LogP) is 1.38. The number of hydrogen-bond acceptors (Lipinski definition) is 5. The highest BCUT2D eigenvalue weighted by molar-refractivity contribution is 5.66. The van der Waals surface area contributed by atoms with Gasteiger partial charge in [0.25, 0.3) is 0 Å². The molecule has 1 saturated heterocycles. The van der Waals surface area contributed by atoms with E-state index < -0.39 is 0 Å². The molecular weight excluding hydrogens is 242 g/mol. The Morgan fingerprint density at radius 3 is 2.74 bits per heavy atom. The highest BCUT2D eigenvalue weighted by Crippen LogP contribution is 2.23. The number of carbonyl (C=O) groups excluding carboxylic acids is 1. The Labute approximate surface area is 113 Å². The van der Waals surface area contributed by atoms with E-state index in [0.29, 0.717) is 6.54 Å². The third-order valence-corrected chi connectivity index (χ3v) is 3.39. The summed E-state index contributed by atoms with van der Waals surface area (Å²) in [6, 6.07) is 4.02. The Bertz CT molecular complexity index is 454. The van der Waals surface area contributed by atoms with E-state index in [4.69, 9.17) is 10.5 Å². The van der Waals surface area contributed by atoms with Crippen molar-refractivity contribution >= 4 is 11.8 Å². The van der Waals surface area contributed by atoms with Crippen LogP contribution in [0.1, 0.15) is 31.0 Å². The lowest BCUT2D eigenvalue weighted by atomic mass is 10.1. The van der Waals surface area contributed by atoms with E-state index in [9.17, 15) is 4.79 Å². The van der Waals surface area contributed by atoms with Crippen molar-refractivity contribution in [1.29, 1.82) is 0 Å². The molecule has 2 rings (SSSR count). The number of aryl methyl sites for hydroxylation is 1. The molecule has 0 aliphatic carbocycles. The maximum Gasteiger partial charge on any atom is 0.302 e. The van der Waals surface area contributed by atoms with Crippen molar-refractivity contribution in [2.75, 3.05) is 18.0 Å². The van der Waals surface area contributed by atoms with Gasteiger partial charge in [-0.25, -0.2) is 4.98 Å². The molecule has 0 bridgehead atoms. The number of pyridine rings is 1. The number of esters is 1. The quantitative estimate of drug-likeness (QED) is 0.834. The minimum absolute atomic E-state index is 0.0416. The smallest absolute Gasteiger partial charge is 0.302 e. The number of piperidine rings is 1. The normalized spacial score (nSPS) is 16.5. The van der Waals surface area contributed by atoms with Gasteiger partial charge in [-0.05, 0) is 13.0 Å². The Morgan fingerprint density at radius 2 is 2.16 bits per heavy atom. The fourth-order valence-corrected chi connectivity index (χ4v) is 2.43. The third-order valence-electron chi connectivity index (χ3n) is 3.39. The van der Waals surface area contributed by atoms with Gasteiger partial charge in [0, 0.05) is 50.7 Å². The van der Waals surface area contributed by atoms with E-state index in [1.54, 1.807) is 0 Å². The highest BCUT2D eigenvalue weighted by atomic mass is 16.5. The van der Waals surface area contributed by atoms with Gasteiger partial charge in [0.2, 0.25) is 0 Å². The molecule has 1 aliphatic heterocycles. The van der Waals surface area contributed by atoms with E-state index in [1.165, 1.54) is 6.92 Å². The maximum atomic E-state index is 10.9. The van der Waals surface area contributed by atoms with E-state index in [0.717, 1.165) is 43.0 Å². The second kappa shape index (κ2) is 6.02. The van der Waals surface area contributed by atoms with Crippen LogP contribution in [-0.2, 0) is 16.1 Å². The van der Waals surface area contributed by atoms with E-state index in [-0.39, 0.29) is 12.1 Å². The maximum absolute atomic E-state index is 10.9. The minimum Gasteiger partial charge on any atom is -0.462 e. The molecule has 1 aromatic rings. The van der Waals surface area contributed by atoms with Gasteiger partial charge in [-0.1, -0.05) is 6.07 Å². The van der Waals surface area contributed by atoms with Crippen LogP contribution < -0.4 is 10.6 Å². The molecule has 2 N–H and O–H groups in total. The molecule has 5 heteroatoms. The molecule has 0 aromatic carbocycles. The number of aromatic nitrogens is 1. The molecular formula is C14H21N3O2. The SMILES string of the molecule is CC(=O)OC1CCN(c2nc(C)ccc2CN)CC1. The van der Waals surface area contributed by atoms with Gasteiger partial charge in [0.1, 0.15) is 11.9 Å². The number of carbonyl (C=O) groups is 1. The summed E-state index contributed by atoms with van der Waals surface area (Å²) < 4.78 is 5.24. The number of hydrogen-bond donors (Lipinski definition) is 1. The number of nitrogens with two attached hydrogens (primary N) is 1. The highest BCUT2D eigenvalue weighted by Gasteiger charge is 2.23. The summed E-state index contributed by atoms with van der Waals surface area (Å²) in [5.41, 5.74) is 7.83. The van der Waals surface area contributed by atoms with Gasteiger partial charge in [-0.15, -0.1) is 0 Å². The average Bonchev–Trinajstić information content (AvgIpc) is 2.39. The molecule has 0 saturated carbocycles. The van der Waals surface area contributed by atoms with Crippen molar-refractivity contribution in [2.24, 2.45) is 5.73 Å². The van der Waals surface area contributed by atoms with Crippen LogP contribution in [0.25, 0.3) is 0 Å². The first-order valence-electron chi connectivity index (χ1n) is 6.69. The second-order valence-electron chi connectivity index (χ2n) is 4.94. The second-order valence-corrected chi connectivity index (χ2v) is 4.94. The largest absolute Gasteiger partial charge is 0.462 e. The average molecular weight is 263 g/mol. The van der Waals surface area contributed by atoms with Gasteiger partial charge in [0.15, 0.2) is 0 Å². The van der Waals surface area contributed by atoms with Crippen LogP contribution in [0.4, 0.5) is 5.82 Å². The van der Waals surface area contributed by atoms with Crippen LogP contribution in [0.15, 0.2) is 12.1 Å². The molecule has 0 amide bonds. The van der Waals surface area contributed by atoms with Gasteiger partial charge in [0.05, 0.1) is 0 Å². The standard InChI is InChI=1S/C14H21N3O2/c1-10-3-4-12(9-15)14(16-10)17-7-5-13(6-8-17)19-11(2)18/h3-4,13H,5-9,15H2,1-2H3. The molecule has 1 aliphatic rings. The molecule has 104 valence electrons. The van der Waals surface area contributed by atoms with Crippen molar-refractivity contribution in [3.05, 3.63) is 23.4 Å². The van der Waals surface area contributed by atoms with E-state index in [2.05, 4.69) is 9.88 Å². The molecule has 0 spiro atoms. The molecule has 19 heavy (non-hydrogen) atoms. The molecule has 0 atom stereocenters. The van der Waals surface area contributed by atoms with Crippen LogP contribution in [0.5, 0.6) is 0 Å². The van der Waals surface area contributed by atoms with Crippen molar-refractivity contribution in [2.45, 2.75) is 39.3 Å². The Hall–Kier alpha value is -1.62. The number of ether oxygens (including phenoxy) is 1. The summed E-state index contributed by atoms with van der Waals surface area (Å²) in [4.78, 5) is 17.8. The van der Waals surface area contributed by atoms with Crippen molar-refractivity contribution in [1.82, 2.24) is 4.98 Å². The van der Waals surface area contributed by atoms with Crippen LogP contribution in [0, 0.1) is 6.92 Å². The summed E-state index contributed by atoms with van der Waals surface area (Å²) in [5.74, 6) is 0.776. The number of nitrogens with zero attached hydrogens (tertiary/aromatic N) is 2. The zero-order chi connectivity index (χ0) is 13.8. The van der Waals surface area contributed by atoms with Crippen LogP contribution in [-0.4, -0.2) is 30.1 Å². The molecule has 0 unspecified atom stereocenters. The van der Waals surface area contributed by atoms with E-state index >= 15 is 0 Å². The summed E-state index contributed by atoms with van der Waals surface area (Å²) >= 11 is 0. The summed E-state index contributed by atoms with van der Waals surface area (Å²) in [7, 11) is 0. The van der Waals surface area contributed by atoms with Gasteiger partial charge < -0.3 is 15.4 Å². The topological polar surface area (TPSA) is 68.5 Å². The summed E-state index contributed by atoms with van der Waals surface area (Å²) in [6.07, 6.45) is 1.73. The van der Waals surface area contributed by atoms with Gasteiger partial charge in [-0.3, -0.25) is 4.79 Å². The lowest BCUT2D eigenvalue weighted by Gasteiger charge is -2.33.